The van der Waals surface area contributed by atoms with E-state index in [1.54, 1.807) is 17.0 Å². The summed E-state index contributed by atoms with van der Waals surface area (Å²) < 4.78 is 24.5. The molecule has 24 heavy (non-hydrogen) atoms. The lowest BCUT2D eigenvalue weighted by Crippen LogP contribution is -2.34. The lowest BCUT2D eigenvalue weighted by atomic mass is 10.2. The number of nitrogens with zero attached hydrogens (tertiary/aromatic N) is 1. The molecule has 0 radical (unpaired) electrons. The van der Waals surface area contributed by atoms with Gasteiger partial charge in [-0.2, -0.15) is 0 Å². The molecule has 0 aromatic heterocycles. The zero-order valence-electron chi connectivity index (χ0n) is 13.0. The number of hydrogen-bond donors (Lipinski definition) is 1. The summed E-state index contributed by atoms with van der Waals surface area (Å²) >= 11 is 5.73. The summed E-state index contributed by atoms with van der Waals surface area (Å²) in [5.41, 5.74) is 0.944. The van der Waals surface area contributed by atoms with Crippen molar-refractivity contribution in [2.24, 2.45) is 0 Å². The normalized spacial score (nSPS) is 12.1. The Morgan fingerprint density at radius 1 is 1.29 bits per heavy atom. The summed E-state index contributed by atoms with van der Waals surface area (Å²) in [6.45, 7) is 2.87. The van der Waals surface area contributed by atoms with Gasteiger partial charge in [0.1, 0.15) is 0 Å². The molecule has 0 fully saturated rings. The van der Waals surface area contributed by atoms with E-state index in [-0.39, 0.29) is 17.5 Å². The minimum absolute atomic E-state index is 0.0355. The fourth-order valence-electron chi connectivity index (χ4n) is 2.38. The highest BCUT2D eigenvalue weighted by molar-refractivity contribution is 6.31. The number of anilines is 1. The molecule has 126 valence electrons. The van der Waals surface area contributed by atoms with Gasteiger partial charge in [0, 0.05) is 13.1 Å². The molecule has 1 heterocycles. The lowest BCUT2D eigenvalue weighted by molar-refractivity contribution is 0.174. The topological polar surface area (TPSA) is 50.8 Å². The fourth-order valence-corrected chi connectivity index (χ4v) is 2.56. The third kappa shape index (κ3) is 3.38. The Bertz CT molecular complexity index is 769. The van der Waals surface area contributed by atoms with E-state index in [9.17, 15) is 9.18 Å². The van der Waals surface area contributed by atoms with Crippen molar-refractivity contribution < 1.29 is 18.7 Å². The molecule has 0 saturated heterocycles. The molecule has 2 aromatic carbocycles. The molecule has 0 unspecified atom stereocenters. The number of ether oxygens (including phenoxy) is 2. The van der Waals surface area contributed by atoms with Gasteiger partial charge in [-0.05, 0) is 36.8 Å². The second kappa shape index (κ2) is 6.97. The third-order valence-electron chi connectivity index (χ3n) is 3.67. The monoisotopic (exact) mass is 350 g/mol. The minimum Gasteiger partial charge on any atom is -0.454 e. The molecule has 0 bridgehead atoms. The number of benzene rings is 2. The summed E-state index contributed by atoms with van der Waals surface area (Å²) in [6.07, 6.45) is 0. The highest BCUT2D eigenvalue weighted by Crippen LogP contribution is 2.32. The zero-order chi connectivity index (χ0) is 17.1. The van der Waals surface area contributed by atoms with Crippen molar-refractivity contribution in [3.8, 4) is 11.5 Å². The molecule has 7 heteroatoms. The van der Waals surface area contributed by atoms with Gasteiger partial charge in [-0.15, -0.1) is 0 Å². The average molecular weight is 351 g/mol. The van der Waals surface area contributed by atoms with Gasteiger partial charge in [-0.25, -0.2) is 9.18 Å². The predicted octanol–water partition coefficient (Wildman–Crippen LogP) is 4.26. The number of hydrogen-bond acceptors (Lipinski definition) is 3. The van der Waals surface area contributed by atoms with Gasteiger partial charge >= 0.3 is 6.03 Å². The van der Waals surface area contributed by atoms with Crippen molar-refractivity contribution in [2.45, 2.75) is 13.5 Å². The van der Waals surface area contributed by atoms with E-state index in [0.29, 0.717) is 24.6 Å². The van der Waals surface area contributed by atoms with E-state index in [1.165, 1.54) is 12.1 Å². The molecule has 1 aliphatic rings. The number of carbonyl (C=O) groups is 1. The summed E-state index contributed by atoms with van der Waals surface area (Å²) in [5.74, 6) is 0.698. The van der Waals surface area contributed by atoms with Crippen LogP contribution in [0.3, 0.4) is 0 Å². The Kier molecular flexibility index (Phi) is 4.76. The standard InChI is InChI=1S/C17H16ClFN2O3/c1-2-21(9-11-6-7-14-15(8-11)24-10-23-14)17(22)20-13-5-3-4-12(18)16(13)19/h3-8H,2,9-10H2,1H3,(H,20,22). The van der Waals surface area contributed by atoms with Crippen LogP contribution in [-0.4, -0.2) is 24.3 Å². The number of amides is 2. The first kappa shape index (κ1) is 16.4. The van der Waals surface area contributed by atoms with Crippen LogP contribution in [0.25, 0.3) is 0 Å². The van der Waals surface area contributed by atoms with Crippen LogP contribution in [0, 0.1) is 5.82 Å². The molecule has 3 rings (SSSR count). The molecule has 0 aliphatic carbocycles. The number of halogens is 2. The molecule has 1 aliphatic heterocycles. The molecular formula is C17H16ClFN2O3. The minimum atomic E-state index is -0.647. The number of rotatable bonds is 4. The van der Waals surface area contributed by atoms with Gasteiger partial charge in [0.2, 0.25) is 6.79 Å². The molecule has 2 amide bonds. The van der Waals surface area contributed by atoms with Crippen LogP contribution in [0.5, 0.6) is 11.5 Å². The first-order chi connectivity index (χ1) is 11.6. The molecular weight excluding hydrogens is 335 g/mol. The SMILES string of the molecule is CCN(Cc1ccc2c(c1)OCO2)C(=O)Nc1cccc(Cl)c1F. The molecule has 1 N–H and O–H groups in total. The highest BCUT2D eigenvalue weighted by Gasteiger charge is 2.18. The fraction of sp³-hybridized carbons (Fsp3) is 0.235. The summed E-state index contributed by atoms with van der Waals surface area (Å²) in [5, 5.41) is 2.51. The first-order valence-corrected chi connectivity index (χ1v) is 7.84. The van der Waals surface area contributed by atoms with Crippen LogP contribution >= 0.6 is 11.6 Å². The van der Waals surface area contributed by atoms with E-state index in [2.05, 4.69) is 5.32 Å². The van der Waals surface area contributed by atoms with E-state index in [1.807, 2.05) is 19.1 Å². The van der Waals surface area contributed by atoms with E-state index < -0.39 is 11.8 Å². The quantitative estimate of drug-likeness (QED) is 0.896. The van der Waals surface area contributed by atoms with Gasteiger partial charge in [-0.1, -0.05) is 23.7 Å². The Balaban J connectivity index is 1.71. The van der Waals surface area contributed by atoms with Crippen LogP contribution in [0.4, 0.5) is 14.9 Å². The number of carbonyl (C=O) groups excluding carboxylic acids is 1. The Morgan fingerprint density at radius 2 is 2.08 bits per heavy atom. The van der Waals surface area contributed by atoms with Crippen LogP contribution < -0.4 is 14.8 Å². The van der Waals surface area contributed by atoms with Gasteiger partial charge in [0.25, 0.3) is 0 Å². The Morgan fingerprint density at radius 3 is 2.88 bits per heavy atom. The highest BCUT2D eigenvalue weighted by atomic mass is 35.5. The van der Waals surface area contributed by atoms with Crippen LogP contribution in [0.15, 0.2) is 36.4 Å². The first-order valence-electron chi connectivity index (χ1n) is 7.47. The smallest absolute Gasteiger partial charge is 0.322 e. The second-order valence-electron chi connectivity index (χ2n) is 5.23. The van der Waals surface area contributed by atoms with Crippen molar-refractivity contribution in [1.29, 1.82) is 0 Å². The number of urea groups is 1. The predicted molar refractivity (Wildman–Crippen MR) is 89.1 cm³/mol. The Hall–Kier alpha value is -2.47. The maximum Gasteiger partial charge on any atom is 0.322 e. The number of fused-ring (bicyclic) bond motifs is 1. The van der Waals surface area contributed by atoms with Crippen molar-refractivity contribution in [1.82, 2.24) is 4.90 Å². The van der Waals surface area contributed by atoms with Gasteiger partial charge in [0.15, 0.2) is 17.3 Å². The van der Waals surface area contributed by atoms with E-state index >= 15 is 0 Å². The largest absolute Gasteiger partial charge is 0.454 e. The maximum atomic E-state index is 13.9. The molecule has 0 spiro atoms. The van der Waals surface area contributed by atoms with Crippen LogP contribution in [-0.2, 0) is 6.54 Å². The summed E-state index contributed by atoms with van der Waals surface area (Å²) in [4.78, 5) is 13.9. The van der Waals surface area contributed by atoms with Crippen LogP contribution in [0.2, 0.25) is 5.02 Å². The maximum absolute atomic E-state index is 13.9. The second-order valence-corrected chi connectivity index (χ2v) is 5.64. The zero-order valence-corrected chi connectivity index (χ0v) is 13.8. The average Bonchev–Trinajstić information content (AvgIpc) is 3.04. The van der Waals surface area contributed by atoms with Gasteiger partial charge < -0.3 is 19.7 Å². The van der Waals surface area contributed by atoms with Crippen molar-refractivity contribution in [2.75, 3.05) is 18.7 Å². The van der Waals surface area contributed by atoms with Crippen molar-refractivity contribution in [3.63, 3.8) is 0 Å². The molecule has 5 nitrogen and oxygen atoms in total. The third-order valence-corrected chi connectivity index (χ3v) is 3.96. The van der Waals surface area contributed by atoms with E-state index in [4.69, 9.17) is 21.1 Å². The van der Waals surface area contributed by atoms with Gasteiger partial charge in [0.05, 0.1) is 10.7 Å². The number of nitrogens with one attached hydrogen (secondary N) is 1. The lowest BCUT2D eigenvalue weighted by Gasteiger charge is -2.22. The van der Waals surface area contributed by atoms with E-state index in [0.717, 1.165) is 5.56 Å². The molecule has 0 atom stereocenters. The summed E-state index contributed by atoms with van der Waals surface area (Å²) in [6, 6.07) is 9.57. The Labute approximate surface area is 143 Å². The van der Waals surface area contributed by atoms with Crippen molar-refractivity contribution in [3.05, 3.63) is 52.8 Å². The summed E-state index contributed by atoms with van der Waals surface area (Å²) in [7, 11) is 0. The van der Waals surface area contributed by atoms with Crippen LogP contribution in [0.1, 0.15) is 12.5 Å². The molecule has 0 saturated carbocycles. The van der Waals surface area contributed by atoms with Gasteiger partial charge in [-0.3, -0.25) is 0 Å². The van der Waals surface area contributed by atoms with Crippen molar-refractivity contribution >= 4 is 23.3 Å². The molecule has 2 aromatic rings.